The topological polar surface area (TPSA) is 58.0 Å². The van der Waals surface area contributed by atoms with E-state index in [1.165, 1.54) is 25.7 Å². The van der Waals surface area contributed by atoms with Gasteiger partial charge in [0.15, 0.2) is 0 Å². The van der Waals surface area contributed by atoms with Gasteiger partial charge < -0.3 is 10.2 Å². The van der Waals surface area contributed by atoms with Gasteiger partial charge in [0.05, 0.1) is 0 Å². The Bertz CT molecular complexity index is 730. The molecule has 23 heavy (non-hydrogen) atoms. The fraction of sp³-hybridized carbons (Fsp3) is 0.389. The van der Waals surface area contributed by atoms with Crippen molar-refractivity contribution in [2.24, 2.45) is 0 Å². The summed E-state index contributed by atoms with van der Waals surface area (Å²) < 4.78 is 0. The molecule has 0 amide bonds. The molecule has 1 aliphatic rings. The summed E-state index contributed by atoms with van der Waals surface area (Å²) in [6.45, 7) is 3.71. The molecule has 1 atom stereocenters. The van der Waals surface area contributed by atoms with Gasteiger partial charge in [-0.25, -0.2) is 9.97 Å². The molecule has 1 aromatic carbocycles. The molecule has 1 aliphatic carbocycles. The van der Waals surface area contributed by atoms with Crippen LogP contribution in [-0.4, -0.2) is 33.9 Å². The van der Waals surface area contributed by atoms with Crippen molar-refractivity contribution in [2.75, 3.05) is 12.0 Å². The molecule has 1 aromatic heterocycles. The van der Waals surface area contributed by atoms with Gasteiger partial charge >= 0.3 is 0 Å². The van der Waals surface area contributed by atoms with Crippen molar-refractivity contribution in [2.45, 2.75) is 38.6 Å². The normalized spacial score (nSPS) is 17.9. The molecule has 2 N–H and O–H groups in total. The molecule has 0 radical (unpaired) electrons. The maximum atomic E-state index is 10.1. The second-order valence-electron chi connectivity index (χ2n) is 6.49. The summed E-state index contributed by atoms with van der Waals surface area (Å²) >= 11 is 0. The van der Waals surface area contributed by atoms with Crippen LogP contribution >= 0.6 is 7.11 Å². The van der Waals surface area contributed by atoms with Crippen LogP contribution in [0.15, 0.2) is 30.5 Å². The smallest absolute Gasteiger partial charge is 0.137 e. The van der Waals surface area contributed by atoms with Crippen LogP contribution in [0.25, 0.3) is 11.1 Å². The van der Waals surface area contributed by atoms with Crippen molar-refractivity contribution in [3.8, 4) is 11.1 Å². The van der Waals surface area contributed by atoms with E-state index in [2.05, 4.69) is 21.6 Å². The molecule has 122 valence electrons. The van der Waals surface area contributed by atoms with Crippen LogP contribution in [0.2, 0.25) is 0 Å². The predicted molar refractivity (Wildman–Crippen MR) is 99.9 cm³/mol. The summed E-state index contributed by atoms with van der Waals surface area (Å²) in [6.07, 6.45) is 10.7. The first-order valence-corrected chi connectivity index (χ1v) is 10.5. The lowest BCUT2D eigenvalue weighted by Gasteiger charge is -2.17. The molecule has 0 aliphatic heterocycles. The van der Waals surface area contributed by atoms with Gasteiger partial charge in [-0.1, -0.05) is 43.4 Å². The minimum absolute atomic E-state index is 0.508. The Morgan fingerprint density at radius 3 is 2.48 bits per heavy atom. The standard InChI is InChI=1S/C18H24N3OP/c1-13-19-12-17(18(20-13)21-15-6-4-5-7-15)14-8-10-16(11-9-14)23(2,3)22/h8-12,15,22H,2,4-7H2,1,3H3,(H,19,20,21). The highest BCUT2D eigenvalue weighted by Gasteiger charge is 2.18. The number of rotatable bonds is 4. The molecule has 1 unspecified atom stereocenters. The first-order chi connectivity index (χ1) is 10.9. The van der Waals surface area contributed by atoms with Crippen molar-refractivity contribution in [3.05, 3.63) is 36.3 Å². The zero-order chi connectivity index (χ0) is 16.4. The maximum Gasteiger partial charge on any atom is 0.137 e. The summed E-state index contributed by atoms with van der Waals surface area (Å²) in [7, 11) is -2.22. The number of hydrogen-bond acceptors (Lipinski definition) is 4. The highest BCUT2D eigenvalue weighted by Crippen LogP contribution is 2.35. The monoisotopic (exact) mass is 329 g/mol. The minimum atomic E-state index is -2.22. The zero-order valence-corrected chi connectivity index (χ0v) is 14.7. The fourth-order valence-corrected chi connectivity index (χ4v) is 3.81. The fourth-order valence-electron chi connectivity index (χ4n) is 3.02. The molecule has 5 heteroatoms. The quantitative estimate of drug-likeness (QED) is 0.844. The first kappa shape index (κ1) is 16.2. The third-order valence-electron chi connectivity index (χ3n) is 4.34. The number of aromatic nitrogens is 2. The van der Waals surface area contributed by atoms with Gasteiger partial charge in [0.25, 0.3) is 0 Å². The Kier molecular flexibility index (Phi) is 4.56. The second-order valence-corrected chi connectivity index (χ2v) is 9.29. The van der Waals surface area contributed by atoms with Crippen LogP contribution in [0.4, 0.5) is 5.82 Å². The molecule has 0 spiro atoms. The lowest BCUT2D eigenvalue weighted by Crippen LogP contribution is -2.17. The number of nitrogens with zero attached hydrogens (tertiary/aromatic N) is 2. The zero-order valence-electron chi connectivity index (χ0n) is 13.8. The van der Waals surface area contributed by atoms with E-state index in [0.29, 0.717) is 6.04 Å². The highest BCUT2D eigenvalue weighted by atomic mass is 31.2. The molecule has 1 saturated carbocycles. The summed E-state index contributed by atoms with van der Waals surface area (Å²) in [5.41, 5.74) is 2.07. The largest absolute Gasteiger partial charge is 0.372 e. The van der Waals surface area contributed by atoms with Gasteiger partial charge in [-0.2, -0.15) is 0 Å². The van der Waals surface area contributed by atoms with Crippen LogP contribution in [0.3, 0.4) is 0 Å². The number of aryl methyl sites for hydroxylation is 1. The van der Waals surface area contributed by atoms with Gasteiger partial charge in [-0.15, -0.1) is 0 Å². The van der Waals surface area contributed by atoms with Gasteiger partial charge in [-0.05, 0) is 37.3 Å². The highest BCUT2D eigenvalue weighted by molar-refractivity contribution is 7.74. The Morgan fingerprint density at radius 1 is 1.22 bits per heavy atom. The van der Waals surface area contributed by atoms with E-state index in [1.807, 2.05) is 37.4 Å². The summed E-state index contributed by atoms with van der Waals surface area (Å²) in [4.78, 5) is 19.1. The van der Waals surface area contributed by atoms with Gasteiger partial charge in [0.2, 0.25) is 0 Å². The SMILES string of the molecule is C=P(C)(O)c1ccc(-c2cnc(C)nc2NC2CCCC2)cc1. The predicted octanol–water partition coefficient (Wildman–Crippen LogP) is 3.42. The minimum Gasteiger partial charge on any atom is -0.372 e. The van der Waals surface area contributed by atoms with Crippen LogP contribution in [0.1, 0.15) is 31.5 Å². The van der Waals surface area contributed by atoms with Crippen molar-refractivity contribution in [3.63, 3.8) is 0 Å². The number of hydrogen-bond donors (Lipinski definition) is 2. The third-order valence-corrected chi connectivity index (χ3v) is 5.75. The molecule has 2 aromatic rings. The van der Waals surface area contributed by atoms with Crippen LogP contribution in [-0.2, 0) is 0 Å². The molecule has 1 fully saturated rings. The number of benzene rings is 1. The number of anilines is 1. The summed E-state index contributed by atoms with van der Waals surface area (Å²) in [5, 5.41) is 4.49. The van der Waals surface area contributed by atoms with E-state index in [-0.39, 0.29) is 0 Å². The van der Waals surface area contributed by atoms with E-state index in [1.54, 1.807) is 6.66 Å². The Balaban J connectivity index is 1.93. The average Bonchev–Trinajstić information content (AvgIpc) is 3.00. The van der Waals surface area contributed by atoms with E-state index in [9.17, 15) is 4.89 Å². The van der Waals surface area contributed by atoms with Crippen molar-refractivity contribution in [1.82, 2.24) is 9.97 Å². The molecule has 0 bridgehead atoms. The van der Waals surface area contributed by atoms with Crippen molar-refractivity contribution in [1.29, 1.82) is 0 Å². The second kappa shape index (κ2) is 6.46. The number of nitrogens with one attached hydrogen (secondary N) is 1. The maximum absolute atomic E-state index is 10.1. The van der Waals surface area contributed by atoms with Crippen LogP contribution in [0.5, 0.6) is 0 Å². The van der Waals surface area contributed by atoms with E-state index in [4.69, 9.17) is 0 Å². The summed E-state index contributed by atoms with van der Waals surface area (Å²) in [6, 6.07) is 8.45. The molecule has 1 heterocycles. The van der Waals surface area contributed by atoms with Crippen molar-refractivity contribution >= 4 is 24.5 Å². The molecular formula is C18H24N3OP. The molecular weight excluding hydrogens is 305 g/mol. The average molecular weight is 329 g/mol. The van der Waals surface area contributed by atoms with Crippen molar-refractivity contribution < 1.29 is 4.89 Å². The Labute approximate surface area is 138 Å². The van der Waals surface area contributed by atoms with Crippen LogP contribution in [0, 0.1) is 6.92 Å². The Morgan fingerprint density at radius 2 is 1.87 bits per heavy atom. The van der Waals surface area contributed by atoms with E-state index < -0.39 is 7.11 Å². The van der Waals surface area contributed by atoms with E-state index >= 15 is 0 Å². The first-order valence-electron chi connectivity index (χ1n) is 8.08. The van der Waals surface area contributed by atoms with Gasteiger partial charge in [-0.3, -0.25) is 0 Å². The lowest BCUT2D eigenvalue weighted by molar-refractivity contribution is 0.637. The summed E-state index contributed by atoms with van der Waals surface area (Å²) in [5.74, 6) is 1.69. The molecule has 0 saturated heterocycles. The molecule has 4 nitrogen and oxygen atoms in total. The third kappa shape index (κ3) is 3.82. The van der Waals surface area contributed by atoms with Gasteiger partial charge in [0.1, 0.15) is 11.6 Å². The Hall–Kier alpha value is -1.64. The van der Waals surface area contributed by atoms with E-state index in [0.717, 1.165) is 28.1 Å². The lowest BCUT2D eigenvalue weighted by atomic mass is 10.1. The van der Waals surface area contributed by atoms with Gasteiger partial charge in [0, 0.05) is 24.9 Å². The molecule has 3 rings (SSSR count). The van der Waals surface area contributed by atoms with Crippen LogP contribution < -0.4 is 10.6 Å².